The number of hydrogen-bond donors (Lipinski definition) is 0. The summed E-state index contributed by atoms with van der Waals surface area (Å²) in [5.41, 5.74) is 0.304. The van der Waals surface area contributed by atoms with Crippen LogP contribution in [0.5, 0.6) is 0 Å². The van der Waals surface area contributed by atoms with Crippen molar-refractivity contribution in [2.45, 2.75) is 45.1 Å². The Kier molecular flexibility index (Phi) is 4.57. The molecule has 1 atom stereocenters. The van der Waals surface area contributed by atoms with Gasteiger partial charge in [0, 0.05) is 30.4 Å². The zero-order chi connectivity index (χ0) is 15.8. The predicted molar refractivity (Wildman–Crippen MR) is 84.0 cm³/mol. The third-order valence-corrected chi connectivity index (χ3v) is 4.27. The molecule has 1 aromatic rings. The van der Waals surface area contributed by atoms with Crippen molar-refractivity contribution < 1.29 is 8.78 Å². The van der Waals surface area contributed by atoms with Gasteiger partial charge in [0.15, 0.2) is 0 Å². The van der Waals surface area contributed by atoms with Crippen LogP contribution in [-0.4, -0.2) is 38.1 Å². The number of piperidine rings is 1. The first-order chi connectivity index (χ1) is 9.70. The number of anilines is 1. The maximum absolute atomic E-state index is 14.3. The number of hydrogen-bond acceptors (Lipinski definition) is 2. The highest BCUT2D eigenvalue weighted by Gasteiger charge is 2.27. The molecule has 0 aromatic heterocycles. The van der Waals surface area contributed by atoms with Gasteiger partial charge in [0.25, 0.3) is 0 Å². The van der Waals surface area contributed by atoms with E-state index in [1.807, 2.05) is 20.8 Å². The summed E-state index contributed by atoms with van der Waals surface area (Å²) in [5, 5.41) is 0. The van der Waals surface area contributed by atoms with Crippen LogP contribution in [0, 0.1) is 11.6 Å². The quantitative estimate of drug-likeness (QED) is 0.819. The number of benzene rings is 1. The number of nitrogens with zero attached hydrogens (tertiary/aromatic N) is 2. The Morgan fingerprint density at radius 2 is 1.71 bits per heavy atom. The SMILES string of the molecule is CN(C)C1CCCN(c2cc(F)c(C(C)(C)C)c(F)c2)C1. The van der Waals surface area contributed by atoms with E-state index in [9.17, 15) is 8.78 Å². The molecule has 0 amide bonds. The molecule has 0 radical (unpaired) electrons. The van der Waals surface area contributed by atoms with Crippen LogP contribution in [0.3, 0.4) is 0 Å². The highest BCUT2D eigenvalue weighted by molar-refractivity contribution is 5.50. The first kappa shape index (κ1) is 16.2. The molecule has 2 rings (SSSR count). The third-order valence-electron chi connectivity index (χ3n) is 4.27. The van der Waals surface area contributed by atoms with E-state index in [-0.39, 0.29) is 5.56 Å². The largest absolute Gasteiger partial charge is 0.370 e. The zero-order valence-electron chi connectivity index (χ0n) is 13.7. The van der Waals surface area contributed by atoms with Crippen LogP contribution in [0.2, 0.25) is 0 Å². The van der Waals surface area contributed by atoms with Crippen LogP contribution in [0.1, 0.15) is 39.2 Å². The summed E-state index contributed by atoms with van der Waals surface area (Å²) in [7, 11) is 4.11. The standard InChI is InChI=1S/C17H26F2N2/c1-17(2,3)16-14(18)9-13(10-15(16)19)21-8-6-7-12(11-21)20(4)5/h9-10,12H,6-8,11H2,1-5H3. The average molecular weight is 296 g/mol. The molecular formula is C17H26F2N2. The van der Waals surface area contributed by atoms with E-state index >= 15 is 0 Å². The Balaban J connectivity index is 2.29. The Morgan fingerprint density at radius 3 is 2.19 bits per heavy atom. The van der Waals surface area contributed by atoms with Crippen molar-refractivity contribution in [3.8, 4) is 0 Å². The van der Waals surface area contributed by atoms with Gasteiger partial charge >= 0.3 is 0 Å². The molecule has 21 heavy (non-hydrogen) atoms. The summed E-state index contributed by atoms with van der Waals surface area (Å²) in [5.74, 6) is -0.881. The lowest BCUT2D eigenvalue weighted by Gasteiger charge is -2.37. The highest BCUT2D eigenvalue weighted by atomic mass is 19.1. The van der Waals surface area contributed by atoms with Gasteiger partial charge in [0.05, 0.1) is 0 Å². The molecule has 1 heterocycles. The lowest BCUT2D eigenvalue weighted by atomic mass is 9.86. The van der Waals surface area contributed by atoms with Crippen LogP contribution in [-0.2, 0) is 5.41 Å². The lowest BCUT2D eigenvalue weighted by Crippen LogP contribution is -2.45. The van der Waals surface area contributed by atoms with Crippen molar-refractivity contribution in [2.75, 3.05) is 32.1 Å². The Hall–Kier alpha value is -1.16. The van der Waals surface area contributed by atoms with Gasteiger partial charge in [-0.15, -0.1) is 0 Å². The summed E-state index contributed by atoms with van der Waals surface area (Å²) < 4.78 is 28.7. The van der Waals surface area contributed by atoms with E-state index in [0.29, 0.717) is 11.7 Å². The van der Waals surface area contributed by atoms with Gasteiger partial charge in [0.1, 0.15) is 11.6 Å². The minimum atomic E-state index is -0.527. The van der Waals surface area contributed by atoms with Crippen LogP contribution >= 0.6 is 0 Å². The summed E-state index contributed by atoms with van der Waals surface area (Å²) >= 11 is 0. The molecule has 1 aliphatic rings. The van der Waals surface area contributed by atoms with Gasteiger partial charge < -0.3 is 9.80 Å². The summed E-state index contributed by atoms with van der Waals surface area (Å²) in [4.78, 5) is 4.27. The van der Waals surface area contributed by atoms with Gasteiger partial charge in [-0.3, -0.25) is 0 Å². The van der Waals surface area contributed by atoms with Gasteiger partial charge in [-0.1, -0.05) is 20.8 Å². The molecule has 0 spiro atoms. The smallest absolute Gasteiger partial charge is 0.131 e. The van der Waals surface area contributed by atoms with Crippen LogP contribution in [0.4, 0.5) is 14.5 Å². The van der Waals surface area contributed by atoms with Crippen molar-refractivity contribution in [3.63, 3.8) is 0 Å². The number of rotatable bonds is 2. The van der Waals surface area contributed by atoms with Gasteiger partial charge in [-0.25, -0.2) is 8.78 Å². The molecule has 2 nitrogen and oxygen atoms in total. The molecule has 1 fully saturated rings. The van der Waals surface area contributed by atoms with Gasteiger partial charge in [-0.05, 0) is 44.5 Å². The first-order valence-corrected chi connectivity index (χ1v) is 7.61. The van der Waals surface area contributed by atoms with Crippen molar-refractivity contribution in [3.05, 3.63) is 29.3 Å². The van der Waals surface area contributed by atoms with Crippen molar-refractivity contribution >= 4 is 5.69 Å². The Labute approximate surface area is 126 Å². The van der Waals surface area contributed by atoms with Crippen LogP contribution in [0.15, 0.2) is 12.1 Å². The van der Waals surface area contributed by atoms with Crippen molar-refractivity contribution in [1.82, 2.24) is 4.90 Å². The van der Waals surface area contributed by atoms with Crippen LogP contribution in [0.25, 0.3) is 0 Å². The van der Waals surface area contributed by atoms with E-state index in [4.69, 9.17) is 0 Å². The Morgan fingerprint density at radius 1 is 1.14 bits per heavy atom. The van der Waals surface area contributed by atoms with Crippen molar-refractivity contribution in [1.29, 1.82) is 0 Å². The molecule has 0 saturated carbocycles. The molecule has 0 N–H and O–H groups in total. The third kappa shape index (κ3) is 3.54. The molecule has 118 valence electrons. The lowest BCUT2D eigenvalue weighted by molar-refractivity contribution is 0.258. The van der Waals surface area contributed by atoms with E-state index in [1.165, 1.54) is 12.1 Å². The molecule has 1 saturated heterocycles. The fourth-order valence-electron chi connectivity index (χ4n) is 3.07. The van der Waals surface area contributed by atoms with Crippen LogP contribution < -0.4 is 4.90 Å². The van der Waals surface area contributed by atoms with Crippen molar-refractivity contribution in [2.24, 2.45) is 0 Å². The second-order valence-electron chi connectivity index (χ2n) is 7.24. The van der Waals surface area contributed by atoms with Gasteiger partial charge in [0.2, 0.25) is 0 Å². The molecule has 0 aliphatic carbocycles. The normalized spacial score (nSPS) is 20.2. The maximum atomic E-state index is 14.3. The minimum Gasteiger partial charge on any atom is -0.370 e. The summed E-state index contributed by atoms with van der Waals surface area (Å²) in [6.45, 7) is 7.17. The summed E-state index contributed by atoms with van der Waals surface area (Å²) in [6.07, 6.45) is 2.18. The van der Waals surface area contributed by atoms with E-state index in [2.05, 4.69) is 23.9 Å². The Bertz CT molecular complexity index is 483. The zero-order valence-corrected chi connectivity index (χ0v) is 13.7. The van der Waals surface area contributed by atoms with Gasteiger partial charge in [-0.2, -0.15) is 0 Å². The second kappa shape index (κ2) is 5.91. The maximum Gasteiger partial charge on any atom is 0.131 e. The monoisotopic (exact) mass is 296 g/mol. The topological polar surface area (TPSA) is 6.48 Å². The molecule has 0 bridgehead atoms. The fraction of sp³-hybridized carbons (Fsp3) is 0.647. The average Bonchev–Trinajstić information content (AvgIpc) is 2.36. The molecule has 1 unspecified atom stereocenters. The number of likely N-dealkylation sites (N-methyl/N-ethyl adjacent to an activating group) is 1. The van der Waals surface area contributed by atoms with E-state index in [1.54, 1.807) is 0 Å². The van der Waals surface area contributed by atoms with E-state index in [0.717, 1.165) is 25.9 Å². The highest BCUT2D eigenvalue weighted by Crippen LogP contribution is 2.32. The minimum absolute atomic E-state index is 0.174. The molecule has 4 heteroatoms. The molecule has 1 aromatic carbocycles. The van der Waals surface area contributed by atoms with E-state index < -0.39 is 17.0 Å². The first-order valence-electron chi connectivity index (χ1n) is 7.61. The second-order valence-corrected chi connectivity index (χ2v) is 7.24. The predicted octanol–water partition coefficient (Wildman–Crippen LogP) is 3.79. The fourth-order valence-corrected chi connectivity index (χ4v) is 3.07. The number of halogens is 2. The molecule has 1 aliphatic heterocycles. The molecular weight excluding hydrogens is 270 g/mol. The summed E-state index contributed by atoms with van der Waals surface area (Å²) in [6, 6.07) is 3.41.